The third kappa shape index (κ3) is 3.93. The summed E-state index contributed by atoms with van der Waals surface area (Å²) in [5.74, 6) is 1.67. The first-order valence-electron chi connectivity index (χ1n) is 10.5. The first-order valence-corrected chi connectivity index (χ1v) is 10.5. The van der Waals surface area contributed by atoms with Gasteiger partial charge in [-0.1, -0.05) is 19.3 Å². The number of pyridine rings is 2. The van der Waals surface area contributed by atoms with Gasteiger partial charge in [-0.25, -0.2) is 15.0 Å². The number of nitrogens with zero attached hydrogens (tertiary/aromatic N) is 4. The normalized spacial score (nSPS) is 15.8. The second kappa shape index (κ2) is 7.91. The van der Waals surface area contributed by atoms with Crippen LogP contribution in [0.2, 0.25) is 0 Å². The number of oxazole rings is 1. The summed E-state index contributed by atoms with van der Waals surface area (Å²) < 4.78 is 5.58. The summed E-state index contributed by atoms with van der Waals surface area (Å²) in [6.45, 7) is 5.63. The molecular weight excluding hydrogens is 378 g/mol. The number of hydrogen-bond donors (Lipinski definition) is 2. The molecule has 4 heterocycles. The number of phenolic OH excluding ortho intramolecular Hbond substituents is 1. The van der Waals surface area contributed by atoms with Gasteiger partial charge in [0.05, 0.1) is 16.7 Å². The average Bonchev–Trinajstić information content (AvgIpc) is 3.61. The Morgan fingerprint density at radius 3 is 2.40 bits per heavy atom. The highest BCUT2D eigenvalue weighted by molar-refractivity contribution is 5.86. The molecule has 1 aromatic carbocycles. The van der Waals surface area contributed by atoms with E-state index < -0.39 is 0 Å². The van der Waals surface area contributed by atoms with E-state index in [-0.39, 0.29) is 5.75 Å². The van der Waals surface area contributed by atoms with Crippen molar-refractivity contribution in [3.63, 3.8) is 0 Å². The lowest BCUT2D eigenvalue weighted by molar-refractivity contribution is 0.477. The van der Waals surface area contributed by atoms with Crippen molar-refractivity contribution < 1.29 is 9.52 Å². The molecule has 2 fully saturated rings. The highest BCUT2D eigenvalue weighted by atomic mass is 16.3. The third-order valence-electron chi connectivity index (χ3n) is 5.21. The van der Waals surface area contributed by atoms with Crippen molar-refractivity contribution in [1.29, 1.82) is 0 Å². The maximum absolute atomic E-state index is 10.4. The van der Waals surface area contributed by atoms with E-state index in [9.17, 15) is 5.11 Å². The Kier molecular flexibility index (Phi) is 4.96. The molecule has 0 radical (unpaired) electrons. The minimum absolute atomic E-state index is 0.132. The van der Waals surface area contributed by atoms with Crippen LogP contribution in [0.25, 0.3) is 33.4 Å². The van der Waals surface area contributed by atoms with E-state index in [0.29, 0.717) is 28.2 Å². The van der Waals surface area contributed by atoms with Gasteiger partial charge in [0.25, 0.3) is 0 Å². The van der Waals surface area contributed by atoms with Gasteiger partial charge in [-0.3, -0.25) is 0 Å². The zero-order chi connectivity index (χ0) is 20.5. The highest BCUT2D eigenvalue weighted by Gasteiger charge is 2.15. The van der Waals surface area contributed by atoms with E-state index in [1.54, 1.807) is 19.1 Å². The van der Waals surface area contributed by atoms with Gasteiger partial charge in [-0.05, 0) is 30.3 Å². The molecule has 2 aliphatic rings. The number of piperazine rings is 1. The maximum atomic E-state index is 10.4. The van der Waals surface area contributed by atoms with E-state index in [1.807, 2.05) is 24.3 Å². The van der Waals surface area contributed by atoms with Crippen LogP contribution < -0.4 is 10.2 Å². The Bertz CT molecular complexity index is 1190. The van der Waals surface area contributed by atoms with Crippen LogP contribution in [-0.2, 0) is 0 Å². The van der Waals surface area contributed by atoms with Gasteiger partial charge in [0.1, 0.15) is 17.1 Å². The number of nitrogens with one attached hydrogen (secondary N) is 1. The number of anilines is 1. The van der Waals surface area contributed by atoms with Crippen LogP contribution >= 0.6 is 0 Å². The van der Waals surface area contributed by atoms with Gasteiger partial charge < -0.3 is 19.7 Å². The van der Waals surface area contributed by atoms with Gasteiger partial charge in [0.2, 0.25) is 0 Å². The molecule has 3 aromatic heterocycles. The molecular formula is C23H25N5O2. The summed E-state index contributed by atoms with van der Waals surface area (Å²) in [6, 6.07) is 11.2. The number of aromatic hydroxyl groups is 1. The van der Waals surface area contributed by atoms with E-state index in [2.05, 4.69) is 15.2 Å². The van der Waals surface area contributed by atoms with Crippen molar-refractivity contribution in [2.24, 2.45) is 0 Å². The number of benzene rings is 1. The van der Waals surface area contributed by atoms with Crippen molar-refractivity contribution in [3.8, 4) is 17.0 Å². The number of hydrogen-bond acceptors (Lipinski definition) is 7. The summed E-state index contributed by atoms with van der Waals surface area (Å²) in [5, 5.41) is 13.8. The van der Waals surface area contributed by atoms with E-state index in [0.717, 1.165) is 43.0 Å². The fraction of sp³-hybridized carbons (Fsp3) is 0.348. The predicted molar refractivity (Wildman–Crippen MR) is 118 cm³/mol. The summed E-state index contributed by atoms with van der Waals surface area (Å²) in [4.78, 5) is 16.0. The Morgan fingerprint density at radius 2 is 1.63 bits per heavy atom. The second-order valence-corrected chi connectivity index (χ2v) is 7.77. The molecule has 30 heavy (non-hydrogen) atoms. The minimum Gasteiger partial charge on any atom is -0.507 e. The SMILES string of the molecule is C1CC1.Cc1nc2cc(O)c(-c3ccc4nc(N5CCNCC5)ccc4n3)cc2o1. The molecule has 0 spiro atoms. The van der Waals surface area contributed by atoms with E-state index in [1.165, 1.54) is 19.3 Å². The van der Waals surface area contributed by atoms with Gasteiger partial charge in [0.15, 0.2) is 11.5 Å². The second-order valence-electron chi connectivity index (χ2n) is 7.77. The molecule has 4 aromatic rings. The topological polar surface area (TPSA) is 87.3 Å². The quantitative estimate of drug-likeness (QED) is 0.522. The molecule has 0 atom stereocenters. The van der Waals surface area contributed by atoms with Gasteiger partial charge in [0, 0.05) is 44.7 Å². The number of fused-ring (bicyclic) bond motifs is 2. The zero-order valence-electron chi connectivity index (χ0n) is 17.1. The lowest BCUT2D eigenvalue weighted by Gasteiger charge is -2.28. The van der Waals surface area contributed by atoms with Crippen molar-refractivity contribution in [1.82, 2.24) is 20.3 Å². The Hall–Kier alpha value is -3.19. The number of rotatable bonds is 2. The van der Waals surface area contributed by atoms with Crippen LogP contribution in [0.3, 0.4) is 0 Å². The third-order valence-corrected chi connectivity index (χ3v) is 5.21. The van der Waals surface area contributed by atoms with Gasteiger partial charge >= 0.3 is 0 Å². The summed E-state index contributed by atoms with van der Waals surface area (Å²) in [5.41, 5.74) is 4.19. The molecule has 1 saturated carbocycles. The summed E-state index contributed by atoms with van der Waals surface area (Å²) in [7, 11) is 0. The average molecular weight is 403 g/mol. The van der Waals surface area contributed by atoms with Crippen LogP contribution in [0.5, 0.6) is 5.75 Å². The van der Waals surface area contributed by atoms with Crippen molar-refractivity contribution >= 4 is 28.0 Å². The lowest BCUT2D eigenvalue weighted by Crippen LogP contribution is -2.43. The monoisotopic (exact) mass is 403 g/mol. The molecule has 2 N–H and O–H groups in total. The Morgan fingerprint density at radius 1 is 0.900 bits per heavy atom. The fourth-order valence-corrected chi connectivity index (χ4v) is 3.50. The Labute approximate surface area is 174 Å². The molecule has 1 saturated heterocycles. The molecule has 0 unspecified atom stereocenters. The first-order chi connectivity index (χ1) is 14.7. The highest BCUT2D eigenvalue weighted by Crippen LogP contribution is 2.33. The minimum atomic E-state index is 0.132. The molecule has 0 bridgehead atoms. The fourth-order valence-electron chi connectivity index (χ4n) is 3.50. The van der Waals surface area contributed by atoms with Gasteiger partial charge in [-0.2, -0.15) is 0 Å². The van der Waals surface area contributed by atoms with Crippen LogP contribution in [0, 0.1) is 6.92 Å². The van der Waals surface area contributed by atoms with Crippen LogP contribution in [0.1, 0.15) is 25.2 Å². The molecule has 154 valence electrons. The zero-order valence-corrected chi connectivity index (χ0v) is 17.1. The van der Waals surface area contributed by atoms with Crippen molar-refractivity contribution in [3.05, 3.63) is 42.3 Å². The van der Waals surface area contributed by atoms with Gasteiger partial charge in [-0.15, -0.1) is 0 Å². The molecule has 0 amide bonds. The van der Waals surface area contributed by atoms with E-state index >= 15 is 0 Å². The number of aromatic nitrogens is 3. The molecule has 6 rings (SSSR count). The van der Waals surface area contributed by atoms with E-state index in [4.69, 9.17) is 14.4 Å². The Balaban J connectivity index is 0.000000592. The molecule has 1 aliphatic carbocycles. The van der Waals surface area contributed by atoms with Crippen LogP contribution in [0.15, 0.2) is 40.8 Å². The first kappa shape index (κ1) is 18.8. The van der Waals surface area contributed by atoms with Crippen molar-refractivity contribution in [2.45, 2.75) is 26.2 Å². The lowest BCUT2D eigenvalue weighted by atomic mass is 10.1. The molecule has 7 nitrogen and oxygen atoms in total. The van der Waals surface area contributed by atoms with Crippen LogP contribution in [-0.4, -0.2) is 46.2 Å². The summed E-state index contributed by atoms with van der Waals surface area (Å²) in [6.07, 6.45) is 4.50. The van der Waals surface area contributed by atoms with Crippen LogP contribution in [0.4, 0.5) is 5.82 Å². The number of phenols is 1. The van der Waals surface area contributed by atoms with Crippen molar-refractivity contribution in [2.75, 3.05) is 31.1 Å². The predicted octanol–water partition coefficient (Wildman–Crippen LogP) is 4.03. The smallest absolute Gasteiger partial charge is 0.192 e. The standard InChI is InChI=1S/C20H19N5O2.C3H6/c1-12-22-17-11-18(26)13(10-19(17)27-12)14-2-3-16-15(23-14)4-5-20(24-16)25-8-6-21-7-9-25;1-2-3-1/h2-5,10-11,21,26H,6-9H2,1H3;1-3H2. The molecule has 1 aliphatic heterocycles. The number of aryl methyl sites for hydroxylation is 1. The summed E-state index contributed by atoms with van der Waals surface area (Å²) >= 11 is 0. The maximum Gasteiger partial charge on any atom is 0.192 e. The molecule has 7 heteroatoms. The largest absolute Gasteiger partial charge is 0.507 e.